The molecule has 0 fully saturated rings. The molecule has 0 spiro atoms. The van der Waals surface area contributed by atoms with Crippen molar-refractivity contribution in [3.63, 3.8) is 0 Å². The number of benzene rings is 2. The maximum Gasteiger partial charge on any atom is 0.258 e. The molecule has 0 aromatic heterocycles. The molecule has 1 amide bonds. The molecule has 1 unspecified atom stereocenters. The first-order valence-corrected chi connectivity index (χ1v) is 8.67. The summed E-state index contributed by atoms with van der Waals surface area (Å²) in [5.41, 5.74) is 1.06. The van der Waals surface area contributed by atoms with Gasteiger partial charge in [0.25, 0.3) is 5.91 Å². The van der Waals surface area contributed by atoms with Gasteiger partial charge >= 0.3 is 0 Å². The maximum absolute atomic E-state index is 12.1. The lowest BCUT2D eigenvalue weighted by Crippen LogP contribution is -2.32. The molecule has 122 valence electrons. The minimum absolute atomic E-state index is 0.0450. The van der Waals surface area contributed by atoms with Crippen LogP contribution in [0.1, 0.15) is 24.9 Å². The molecule has 2 rings (SSSR count). The normalized spacial score (nSPS) is 11.8. The predicted molar refractivity (Wildman–Crippen MR) is 97.3 cm³/mol. The lowest BCUT2D eigenvalue weighted by Gasteiger charge is -2.18. The second-order valence-electron chi connectivity index (χ2n) is 4.93. The Balaban J connectivity index is 1.97. The summed E-state index contributed by atoms with van der Waals surface area (Å²) in [5.74, 6) is 0.192. The Kier molecular flexibility index (Phi) is 6.75. The van der Waals surface area contributed by atoms with Gasteiger partial charge in [0, 0.05) is 5.02 Å². The Morgan fingerprint density at radius 1 is 1.26 bits per heavy atom. The largest absolute Gasteiger partial charge is 0.481 e. The first-order valence-electron chi connectivity index (χ1n) is 7.13. The van der Waals surface area contributed by atoms with Crippen LogP contribution >= 0.6 is 39.1 Å². The summed E-state index contributed by atoms with van der Waals surface area (Å²) < 4.78 is 6.13. The number of hydrogen-bond donors (Lipinski definition) is 1. The van der Waals surface area contributed by atoms with Gasteiger partial charge < -0.3 is 10.1 Å². The third-order valence-corrected chi connectivity index (χ3v) is 4.34. The number of ether oxygens (including phenoxy) is 1. The van der Waals surface area contributed by atoms with E-state index >= 15 is 0 Å². The van der Waals surface area contributed by atoms with Crippen molar-refractivity contribution in [1.82, 2.24) is 5.32 Å². The van der Waals surface area contributed by atoms with E-state index in [4.69, 9.17) is 27.9 Å². The molecular weight excluding hydrogens is 401 g/mol. The lowest BCUT2D eigenvalue weighted by atomic mass is 10.0. The van der Waals surface area contributed by atoms with Gasteiger partial charge in [0.1, 0.15) is 0 Å². The lowest BCUT2D eigenvalue weighted by molar-refractivity contribution is -0.123. The standard InChI is InChI=1S/C17H16BrCl2NO2/c1-2-15(11-6-4-3-5-7-11)21-16(22)10-23-17-13(18)8-12(19)9-14(17)20/h3-9,15H,2,10H2,1H3,(H,21,22). The fourth-order valence-corrected chi connectivity index (χ4v) is 3.52. The number of rotatable bonds is 6. The van der Waals surface area contributed by atoms with E-state index in [1.807, 2.05) is 37.3 Å². The number of hydrogen-bond acceptors (Lipinski definition) is 2. The van der Waals surface area contributed by atoms with Crippen LogP contribution < -0.4 is 10.1 Å². The molecule has 0 bridgehead atoms. The van der Waals surface area contributed by atoms with E-state index in [2.05, 4.69) is 21.2 Å². The Labute approximate surface area is 154 Å². The zero-order chi connectivity index (χ0) is 16.8. The van der Waals surface area contributed by atoms with Crippen molar-refractivity contribution in [3.05, 3.63) is 62.5 Å². The summed E-state index contributed by atoms with van der Waals surface area (Å²) in [5, 5.41) is 3.80. The summed E-state index contributed by atoms with van der Waals surface area (Å²) in [7, 11) is 0. The predicted octanol–water partition coefficient (Wildman–Crippen LogP) is 5.40. The molecule has 1 atom stereocenters. The van der Waals surface area contributed by atoms with E-state index in [1.54, 1.807) is 12.1 Å². The second kappa shape index (κ2) is 8.57. The average Bonchev–Trinajstić information content (AvgIpc) is 2.52. The van der Waals surface area contributed by atoms with Crippen molar-refractivity contribution < 1.29 is 9.53 Å². The van der Waals surface area contributed by atoms with Gasteiger partial charge in [0.05, 0.1) is 15.5 Å². The molecule has 0 aliphatic rings. The van der Waals surface area contributed by atoms with Crippen molar-refractivity contribution in [2.24, 2.45) is 0 Å². The van der Waals surface area contributed by atoms with E-state index in [0.29, 0.717) is 20.3 Å². The van der Waals surface area contributed by atoms with E-state index < -0.39 is 0 Å². The molecule has 6 heteroatoms. The number of nitrogens with one attached hydrogen (secondary N) is 1. The van der Waals surface area contributed by atoms with Crippen LogP contribution in [0.2, 0.25) is 10.0 Å². The molecule has 0 heterocycles. The van der Waals surface area contributed by atoms with Crippen molar-refractivity contribution in [2.45, 2.75) is 19.4 Å². The molecule has 2 aromatic rings. The van der Waals surface area contributed by atoms with Crippen molar-refractivity contribution >= 4 is 45.0 Å². The number of halogens is 3. The van der Waals surface area contributed by atoms with E-state index in [0.717, 1.165) is 12.0 Å². The van der Waals surface area contributed by atoms with Gasteiger partial charge in [-0.3, -0.25) is 4.79 Å². The highest BCUT2D eigenvalue weighted by atomic mass is 79.9. The minimum atomic E-state index is -0.210. The Bertz CT molecular complexity index is 657. The number of carbonyl (C=O) groups is 1. The van der Waals surface area contributed by atoms with Crippen LogP contribution in [0.3, 0.4) is 0 Å². The van der Waals surface area contributed by atoms with Crippen LogP contribution in [0.15, 0.2) is 46.9 Å². The van der Waals surface area contributed by atoms with Crippen LogP contribution in [0.5, 0.6) is 5.75 Å². The van der Waals surface area contributed by atoms with Gasteiger partial charge in [0.2, 0.25) is 0 Å². The van der Waals surface area contributed by atoms with E-state index in [9.17, 15) is 4.79 Å². The number of amides is 1. The summed E-state index contributed by atoms with van der Waals surface area (Å²) in [4.78, 5) is 12.1. The summed E-state index contributed by atoms with van der Waals surface area (Å²) in [6.45, 7) is 1.90. The van der Waals surface area contributed by atoms with Crippen molar-refractivity contribution in [3.8, 4) is 5.75 Å². The fraction of sp³-hybridized carbons (Fsp3) is 0.235. The molecule has 23 heavy (non-hydrogen) atoms. The third-order valence-electron chi connectivity index (χ3n) is 3.26. The van der Waals surface area contributed by atoms with Gasteiger partial charge in [0.15, 0.2) is 12.4 Å². The highest BCUT2D eigenvalue weighted by Gasteiger charge is 2.15. The third kappa shape index (κ3) is 5.13. The SMILES string of the molecule is CCC(NC(=O)COc1c(Cl)cc(Cl)cc1Br)c1ccccc1. The van der Waals surface area contributed by atoms with Crippen LogP contribution in [0.4, 0.5) is 0 Å². The monoisotopic (exact) mass is 415 g/mol. The first kappa shape index (κ1) is 18.1. The average molecular weight is 417 g/mol. The molecule has 0 saturated heterocycles. The number of carbonyl (C=O) groups excluding carboxylic acids is 1. The summed E-state index contributed by atoms with van der Waals surface area (Å²) in [6.07, 6.45) is 0.793. The van der Waals surface area contributed by atoms with Gasteiger partial charge in [-0.15, -0.1) is 0 Å². The maximum atomic E-state index is 12.1. The van der Waals surface area contributed by atoms with Gasteiger partial charge in [-0.2, -0.15) is 0 Å². The van der Waals surface area contributed by atoms with E-state index in [-0.39, 0.29) is 18.6 Å². The molecular formula is C17H16BrCl2NO2. The molecule has 2 aromatic carbocycles. The molecule has 0 radical (unpaired) electrons. The zero-order valence-corrected chi connectivity index (χ0v) is 15.6. The molecule has 0 aliphatic carbocycles. The van der Waals surface area contributed by atoms with Crippen LogP contribution in [-0.4, -0.2) is 12.5 Å². The highest BCUT2D eigenvalue weighted by molar-refractivity contribution is 9.10. The Morgan fingerprint density at radius 3 is 2.57 bits per heavy atom. The minimum Gasteiger partial charge on any atom is -0.481 e. The highest BCUT2D eigenvalue weighted by Crippen LogP contribution is 2.36. The van der Waals surface area contributed by atoms with Crippen molar-refractivity contribution in [2.75, 3.05) is 6.61 Å². The van der Waals surface area contributed by atoms with Gasteiger partial charge in [-0.25, -0.2) is 0 Å². The molecule has 1 N–H and O–H groups in total. The summed E-state index contributed by atoms with van der Waals surface area (Å²) >= 11 is 15.3. The van der Waals surface area contributed by atoms with Gasteiger partial charge in [-0.05, 0) is 40.0 Å². The van der Waals surface area contributed by atoms with Crippen LogP contribution in [-0.2, 0) is 4.79 Å². The summed E-state index contributed by atoms with van der Waals surface area (Å²) in [6, 6.07) is 13.0. The fourth-order valence-electron chi connectivity index (χ4n) is 2.15. The molecule has 0 saturated carbocycles. The second-order valence-corrected chi connectivity index (χ2v) is 6.62. The quantitative estimate of drug-likeness (QED) is 0.684. The Hall–Kier alpha value is -1.23. The van der Waals surface area contributed by atoms with E-state index in [1.165, 1.54) is 0 Å². The molecule has 0 aliphatic heterocycles. The van der Waals surface area contributed by atoms with Crippen molar-refractivity contribution in [1.29, 1.82) is 0 Å². The van der Waals surface area contributed by atoms with Crippen LogP contribution in [0.25, 0.3) is 0 Å². The first-order chi connectivity index (χ1) is 11.0. The topological polar surface area (TPSA) is 38.3 Å². The van der Waals surface area contributed by atoms with Crippen LogP contribution in [0, 0.1) is 0 Å². The molecule has 3 nitrogen and oxygen atoms in total. The Morgan fingerprint density at radius 2 is 1.96 bits per heavy atom. The smallest absolute Gasteiger partial charge is 0.258 e. The zero-order valence-electron chi connectivity index (χ0n) is 12.5. The van der Waals surface area contributed by atoms with Gasteiger partial charge in [-0.1, -0.05) is 60.5 Å².